The van der Waals surface area contributed by atoms with Crippen LogP contribution >= 0.6 is 0 Å². The Balaban J connectivity index is 2.48. The van der Waals surface area contributed by atoms with Gasteiger partial charge in [0.15, 0.2) is 0 Å². The van der Waals surface area contributed by atoms with Crippen molar-refractivity contribution in [2.24, 2.45) is 5.92 Å². The molecule has 0 N–H and O–H groups in total. The van der Waals surface area contributed by atoms with Crippen molar-refractivity contribution in [1.29, 1.82) is 0 Å². The van der Waals surface area contributed by atoms with Gasteiger partial charge in [0.05, 0.1) is 0 Å². The standard InChI is InChI=1S/C13H25NO2/c1-5-14(13(2,3)4)12(15)10-11-6-8-16-9-7-11/h11H,5-10H2,1-4H3. The maximum Gasteiger partial charge on any atom is 0.223 e. The average Bonchev–Trinajstić information content (AvgIpc) is 2.17. The molecule has 1 rings (SSSR count). The van der Waals surface area contributed by atoms with Crippen LogP contribution in [0.5, 0.6) is 0 Å². The van der Waals surface area contributed by atoms with E-state index in [-0.39, 0.29) is 5.54 Å². The summed E-state index contributed by atoms with van der Waals surface area (Å²) >= 11 is 0. The predicted molar refractivity (Wildman–Crippen MR) is 65.3 cm³/mol. The summed E-state index contributed by atoms with van der Waals surface area (Å²) < 4.78 is 5.31. The lowest BCUT2D eigenvalue weighted by atomic mass is 9.94. The molecule has 1 aliphatic heterocycles. The number of carbonyl (C=O) groups is 1. The summed E-state index contributed by atoms with van der Waals surface area (Å²) in [6.45, 7) is 10.8. The summed E-state index contributed by atoms with van der Waals surface area (Å²) in [5.74, 6) is 0.819. The number of ether oxygens (including phenoxy) is 1. The zero-order valence-electron chi connectivity index (χ0n) is 11.1. The minimum absolute atomic E-state index is 0.0585. The topological polar surface area (TPSA) is 29.5 Å². The maximum absolute atomic E-state index is 12.2. The number of rotatable bonds is 3. The molecule has 94 valence electrons. The van der Waals surface area contributed by atoms with Crippen molar-refractivity contribution in [1.82, 2.24) is 4.90 Å². The van der Waals surface area contributed by atoms with Crippen LogP contribution in [0.4, 0.5) is 0 Å². The fourth-order valence-electron chi connectivity index (χ4n) is 2.33. The van der Waals surface area contributed by atoms with Crippen molar-refractivity contribution in [3.8, 4) is 0 Å². The van der Waals surface area contributed by atoms with E-state index in [0.717, 1.165) is 32.6 Å². The Morgan fingerprint density at radius 3 is 2.31 bits per heavy atom. The Morgan fingerprint density at radius 1 is 1.31 bits per heavy atom. The van der Waals surface area contributed by atoms with E-state index in [9.17, 15) is 4.79 Å². The van der Waals surface area contributed by atoms with Gasteiger partial charge in [0.25, 0.3) is 0 Å². The molecule has 0 radical (unpaired) electrons. The summed E-state index contributed by atoms with van der Waals surface area (Å²) in [4.78, 5) is 14.1. The van der Waals surface area contributed by atoms with Crippen molar-refractivity contribution >= 4 is 5.91 Å². The molecule has 0 unspecified atom stereocenters. The smallest absolute Gasteiger partial charge is 0.223 e. The van der Waals surface area contributed by atoms with Gasteiger partial charge in [-0.2, -0.15) is 0 Å². The molecular formula is C13H25NO2. The van der Waals surface area contributed by atoms with Gasteiger partial charge in [-0.15, -0.1) is 0 Å². The van der Waals surface area contributed by atoms with E-state index in [4.69, 9.17) is 4.74 Å². The first kappa shape index (κ1) is 13.5. The van der Waals surface area contributed by atoms with E-state index >= 15 is 0 Å². The zero-order chi connectivity index (χ0) is 12.2. The Kier molecular flexibility index (Phi) is 4.78. The molecule has 0 aromatic rings. The Hall–Kier alpha value is -0.570. The number of hydrogen-bond donors (Lipinski definition) is 0. The van der Waals surface area contributed by atoms with Crippen LogP contribution in [0.3, 0.4) is 0 Å². The number of carbonyl (C=O) groups excluding carboxylic acids is 1. The molecule has 0 aromatic carbocycles. The molecule has 0 bridgehead atoms. The quantitative estimate of drug-likeness (QED) is 0.741. The van der Waals surface area contributed by atoms with Gasteiger partial charge in [0.1, 0.15) is 0 Å². The van der Waals surface area contributed by atoms with Crippen LogP contribution in [0.15, 0.2) is 0 Å². The first-order valence-electron chi connectivity index (χ1n) is 6.33. The lowest BCUT2D eigenvalue weighted by Gasteiger charge is -2.36. The van der Waals surface area contributed by atoms with Gasteiger partial charge in [0.2, 0.25) is 5.91 Å². The van der Waals surface area contributed by atoms with E-state index in [2.05, 4.69) is 20.8 Å². The molecule has 0 aliphatic carbocycles. The maximum atomic E-state index is 12.2. The SMILES string of the molecule is CCN(C(=O)CC1CCOCC1)C(C)(C)C. The van der Waals surface area contributed by atoms with E-state index in [1.807, 2.05) is 11.8 Å². The van der Waals surface area contributed by atoms with Gasteiger partial charge in [-0.25, -0.2) is 0 Å². The second-order valence-corrected chi connectivity index (χ2v) is 5.57. The van der Waals surface area contributed by atoms with Gasteiger partial charge < -0.3 is 9.64 Å². The van der Waals surface area contributed by atoms with Gasteiger partial charge >= 0.3 is 0 Å². The molecule has 0 saturated carbocycles. The minimum Gasteiger partial charge on any atom is -0.381 e. The Bertz CT molecular complexity index is 227. The highest BCUT2D eigenvalue weighted by Gasteiger charge is 2.27. The molecule has 1 aliphatic rings. The van der Waals surface area contributed by atoms with Crippen molar-refractivity contribution in [2.75, 3.05) is 19.8 Å². The molecule has 0 atom stereocenters. The summed E-state index contributed by atoms with van der Waals surface area (Å²) in [7, 11) is 0. The van der Waals surface area contributed by atoms with Gasteiger partial charge in [0, 0.05) is 31.7 Å². The summed E-state index contributed by atoms with van der Waals surface area (Å²) in [5.41, 5.74) is -0.0585. The third-order valence-electron chi connectivity index (χ3n) is 3.23. The second kappa shape index (κ2) is 5.67. The highest BCUT2D eigenvalue weighted by molar-refractivity contribution is 5.77. The van der Waals surface area contributed by atoms with Crippen LogP contribution in [0, 0.1) is 5.92 Å². The number of nitrogens with zero attached hydrogens (tertiary/aromatic N) is 1. The van der Waals surface area contributed by atoms with Crippen LogP contribution in [0.1, 0.15) is 47.0 Å². The van der Waals surface area contributed by atoms with Crippen molar-refractivity contribution < 1.29 is 9.53 Å². The van der Waals surface area contributed by atoms with Gasteiger partial charge in [-0.05, 0) is 46.5 Å². The zero-order valence-corrected chi connectivity index (χ0v) is 11.1. The van der Waals surface area contributed by atoms with E-state index in [1.54, 1.807) is 0 Å². The van der Waals surface area contributed by atoms with Crippen molar-refractivity contribution in [3.05, 3.63) is 0 Å². The van der Waals surface area contributed by atoms with Crippen molar-refractivity contribution in [2.45, 2.75) is 52.5 Å². The third-order valence-corrected chi connectivity index (χ3v) is 3.23. The minimum atomic E-state index is -0.0585. The predicted octanol–water partition coefficient (Wildman–Crippen LogP) is 2.45. The molecule has 1 heterocycles. The normalized spacial score (nSPS) is 18.5. The number of hydrogen-bond acceptors (Lipinski definition) is 2. The molecule has 1 amide bonds. The van der Waals surface area contributed by atoms with Gasteiger partial charge in [-0.1, -0.05) is 0 Å². The molecule has 0 aromatic heterocycles. The first-order chi connectivity index (χ1) is 7.45. The third kappa shape index (κ3) is 3.78. The Morgan fingerprint density at radius 2 is 1.88 bits per heavy atom. The van der Waals surface area contributed by atoms with E-state index in [0.29, 0.717) is 18.2 Å². The van der Waals surface area contributed by atoms with Crippen LogP contribution in [0.25, 0.3) is 0 Å². The highest BCUT2D eigenvalue weighted by Crippen LogP contribution is 2.22. The summed E-state index contributed by atoms with van der Waals surface area (Å²) in [5, 5.41) is 0. The Labute approximate surface area is 99.1 Å². The van der Waals surface area contributed by atoms with E-state index < -0.39 is 0 Å². The molecule has 3 nitrogen and oxygen atoms in total. The second-order valence-electron chi connectivity index (χ2n) is 5.57. The lowest BCUT2D eigenvalue weighted by Crippen LogP contribution is -2.46. The van der Waals surface area contributed by atoms with Crippen LogP contribution in [-0.4, -0.2) is 36.1 Å². The lowest BCUT2D eigenvalue weighted by molar-refractivity contribution is -0.137. The summed E-state index contributed by atoms with van der Waals surface area (Å²) in [6, 6.07) is 0. The fraction of sp³-hybridized carbons (Fsp3) is 0.923. The van der Waals surface area contributed by atoms with E-state index in [1.165, 1.54) is 0 Å². The molecule has 3 heteroatoms. The molecule has 1 saturated heterocycles. The molecule has 1 fully saturated rings. The van der Waals surface area contributed by atoms with Crippen LogP contribution in [0.2, 0.25) is 0 Å². The van der Waals surface area contributed by atoms with Crippen LogP contribution < -0.4 is 0 Å². The van der Waals surface area contributed by atoms with Gasteiger partial charge in [-0.3, -0.25) is 4.79 Å². The molecular weight excluding hydrogens is 202 g/mol. The van der Waals surface area contributed by atoms with Crippen LogP contribution in [-0.2, 0) is 9.53 Å². The fourth-order valence-corrected chi connectivity index (χ4v) is 2.33. The number of amides is 1. The average molecular weight is 227 g/mol. The summed E-state index contributed by atoms with van der Waals surface area (Å²) in [6.07, 6.45) is 2.76. The molecule has 0 spiro atoms. The van der Waals surface area contributed by atoms with Crippen molar-refractivity contribution in [3.63, 3.8) is 0 Å². The monoisotopic (exact) mass is 227 g/mol. The molecule has 16 heavy (non-hydrogen) atoms. The largest absolute Gasteiger partial charge is 0.381 e. The highest BCUT2D eigenvalue weighted by atomic mass is 16.5. The first-order valence-corrected chi connectivity index (χ1v) is 6.33.